The molecule has 0 saturated heterocycles. The third-order valence-corrected chi connectivity index (χ3v) is 1.79. The van der Waals surface area contributed by atoms with Crippen LogP contribution in [0, 0.1) is 17.2 Å². The van der Waals surface area contributed by atoms with Gasteiger partial charge in [0.25, 0.3) is 0 Å². The number of rotatable bonds is 5. The summed E-state index contributed by atoms with van der Waals surface area (Å²) in [4.78, 5) is 11.2. The summed E-state index contributed by atoms with van der Waals surface area (Å²) in [5.74, 6) is -0.822. The zero-order valence-corrected chi connectivity index (χ0v) is 8.33. The van der Waals surface area contributed by atoms with E-state index in [9.17, 15) is 4.79 Å². The predicted molar refractivity (Wildman–Crippen MR) is 48.9 cm³/mol. The van der Waals surface area contributed by atoms with Crippen molar-refractivity contribution < 1.29 is 9.53 Å². The molecule has 1 N–H and O–H groups in total. The lowest BCUT2D eigenvalue weighted by Crippen LogP contribution is -2.40. The number of hydrogen-bond acceptors (Lipinski definition) is 3. The average Bonchev–Trinajstić information content (AvgIpc) is 2.15. The van der Waals surface area contributed by atoms with Gasteiger partial charge in [-0.15, -0.1) is 0 Å². The van der Waals surface area contributed by atoms with Crippen LogP contribution < -0.4 is 5.32 Å². The standard InChI is InChI=1S/C9H16N2O2/c1-4-8(6-13-3)11-9(12)7(2)5-10/h7-8H,4,6H2,1-3H3,(H,11,12). The Hall–Kier alpha value is -1.08. The normalized spacial score (nSPS) is 14.3. The molecule has 0 aromatic heterocycles. The highest BCUT2D eigenvalue weighted by Gasteiger charge is 2.15. The third kappa shape index (κ3) is 4.48. The minimum atomic E-state index is -0.592. The summed E-state index contributed by atoms with van der Waals surface area (Å²) in [5.41, 5.74) is 0. The Morgan fingerprint density at radius 1 is 1.69 bits per heavy atom. The number of carbonyl (C=O) groups is 1. The van der Waals surface area contributed by atoms with Crippen molar-refractivity contribution >= 4 is 5.91 Å². The van der Waals surface area contributed by atoms with Crippen LogP contribution in [0.1, 0.15) is 20.3 Å². The van der Waals surface area contributed by atoms with Crippen molar-refractivity contribution in [3.63, 3.8) is 0 Å². The first kappa shape index (κ1) is 11.9. The number of amides is 1. The molecule has 0 aromatic rings. The zero-order chi connectivity index (χ0) is 10.3. The lowest BCUT2D eigenvalue weighted by Gasteiger charge is -2.16. The molecule has 13 heavy (non-hydrogen) atoms. The first-order valence-corrected chi connectivity index (χ1v) is 4.34. The molecule has 0 bridgehead atoms. The van der Waals surface area contributed by atoms with E-state index in [1.54, 1.807) is 14.0 Å². The second-order valence-electron chi connectivity index (χ2n) is 2.92. The maximum absolute atomic E-state index is 11.2. The molecule has 0 aliphatic rings. The molecule has 0 aliphatic heterocycles. The van der Waals surface area contributed by atoms with Crippen molar-refractivity contribution in [3.05, 3.63) is 0 Å². The molecule has 0 radical (unpaired) electrons. The summed E-state index contributed by atoms with van der Waals surface area (Å²) < 4.78 is 4.91. The maximum Gasteiger partial charge on any atom is 0.237 e. The van der Waals surface area contributed by atoms with Crippen molar-refractivity contribution in [1.82, 2.24) is 5.32 Å². The van der Waals surface area contributed by atoms with E-state index in [0.29, 0.717) is 6.61 Å². The molecule has 0 rings (SSSR count). The van der Waals surface area contributed by atoms with Gasteiger partial charge in [0, 0.05) is 7.11 Å². The van der Waals surface area contributed by atoms with Gasteiger partial charge < -0.3 is 10.1 Å². The number of hydrogen-bond donors (Lipinski definition) is 1. The lowest BCUT2D eigenvalue weighted by molar-refractivity contribution is -0.124. The Kier molecular flexibility index (Phi) is 5.90. The van der Waals surface area contributed by atoms with Gasteiger partial charge in [-0.25, -0.2) is 0 Å². The van der Waals surface area contributed by atoms with Gasteiger partial charge in [0.2, 0.25) is 5.91 Å². The summed E-state index contributed by atoms with van der Waals surface area (Å²) >= 11 is 0. The Morgan fingerprint density at radius 3 is 2.69 bits per heavy atom. The van der Waals surface area contributed by atoms with Gasteiger partial charge in [0.05, 0.1) is 18.7 Å². The molecule has 4 nitrogen and oxygen atoms in total. The van der Waals surface area contributed by atoms with Gasteiger partial charge in [-0.2, -0.15) is 5.26 Å². The molecule has 0 spiro atoms. The quantitative estimate of drug-likeness (QED) is 0.683. The first-order chi connectivity index (χ1) is 6.15. The maximum atomic E-state index is 11.2. The van der Waals surface area contributed by atoms with Crippen LogP contribution in [0.2, 0.25) is 0 Å². The molecule has 0 fully saturated rings. The highest BCUT2D eigenvalue weighted by atomic mass is 16.5. The Morgan fingerprint density at radius 2 is 2.31 bits per heavy atom. The van der Waals surface area contributed by atoms with E-state index in [2.05, 4.69) is 5.32 Å². The summed E-state index contributed by atoms with van der Waals surface area (Å²) in [6, 6.07) is 1.89. The smallest absolute Gasteiger partial charge is 0.237 e. The van der Waals surface area contributed by atoms with Gasteiger partial charge in [-0.3, -0.25) is 4.79 Å². The molecular formula is C9H16N2O2. The van der Waals surface area contributed by atoms with E-state index in [0.717, 1.165) is 6.42 Å². The highest BCUT2D eigenvalue weighted by Crippen LogP contribution is 1.96. The predicted octanol–water partition coefficient (Wildman–Crippen LogP) is 0.687. The zero-order valence-electron chi connectivity index (χ0n) is 8.33. The van der Waals surface area contributed by atoms with E-state index in [-0.39, 0.29) is 11.9 Å². The Balaban J connectivity index is 3.95. The number of nitriles is 1. The fraction of sp³-hybridized carbons (Fsp3) is 0.778. The first-order valence-electron chi connectivity index (χ1n) is 4.34. The van der Waals surface area contributed by atoms with Gasteiger partial charge in [0.1, 0.15) is 5.92 Å². The fourth-order valence-corrected chi connectivity index (χ4v) is 0.848. The SMILES string of the molecule is CCC(COC)NC(=O)C(C)C#N. The third-order valence-electron chi connectivity index (χ3n) is 1.79. The van der Waals surface area contributed by atoms with E-state index >= 15 is 0 Å². The van der Waals surface area contributed by atoms with E-state index < -0.39 is 5.92 Å². The summed E-state index contributed by atoms with van der Waals surface area (Å²) in [6.07, 6.45) is 0.803. The summed E-state index contributed by atoms with van der Waals surface area (Å²) in [7, 11) is 1.59. The van der Waals surface area contributed by atoms with E-state index in [1.807, 2.05) is 13.0 Å². The second-order valence-corrected chi connectivity index (χ2v) is 2.92. The molecule has 4 heteroatoms. The molecule has 0 heterocycles. The molecule has 0 aromatic carbocycles. The van der Waals surface area contributed by atoms with Gasteiger partial charge in [-0.1, -0.05) is 6.92 Å². The summed E-state index contributed by atoms with van der Waals surface area (Å²) in [6.45, 7) is 4.02. The van der Waals surface area contributed by atoms with Crippen LogP contribution in [-0.2, 0) is 9.53 Å². The molecule has 2 unspecified atom stereocenters. The minimum absolute atomic E-state index is 0.00769. The molecule has 2 atom stereocenters. The highest BCUT2D eigenvalue weighted by molar-refractivity contribution is 5.80. The van der Waals surface area contributed by atoms with Crippen LogP contribution >= 0.6 is 0 Å². The molecule has 1 amide bonds. The van der Waals surface area contributed by atoms with E-state index in [1.165, 1.54) is 0 Å². The Labute approximate surface area is 78.9 Å². The van der Waals surface area contributed by atoms with Crippen molar-refractivity contribution in [2.45, 2.75) is 26.3 Å². The van der Waals surface area contributed by atoms with Crippen molar-refractivity contribution in [3.8, 4) is 6.07 Å². The van der Waals surface area contributed by atoms with E-state index in [4.69, 9.17) is 10.00 Å². The number of carbonyl (C=O) groups excluding carboxylic acids is 1. The number of methoxy groups -OCH3 is 1. The largest absolute Gasteiger partial charge is 0.383 e. The topological polar surface area (TPSA) is 62.1 Å². The van der Waals surface area contributed by atoms with Crippen molar-refractivity contribution in [1.29, 1.82) is 5.26 Å². The molecule has 0 aliphatic carbocycles. The van der Waals surface area contributed by atoms with Gasteiger partial charge >= 0.3 is 0 Å². The number of nitrogens with zero attached hydrogens (tertiary/aromatic N) is 1. The van der Waals surface area contributed by atoms with Crippen LogP contribution in [0.5, 0.6) is 0 Å². The minimum Gasteiger partial charge on any atom is -0.383 e. The van der Waals surface area contributed by atoms with Gasteiger partial charge in [-0.05, 0) is 13.3 Å². The fourth-order valence-electron chi connectivity index (χ4n) is 0.848. The molecule has 74 valence electrons. The lowest BCUT2D eigenvalue weighted by atomic mass is 10.1. The summed E-state index contributed by atoms with van der Waals surface area (Å²) in [5, 5.41) is 11.2. The van der Waals surface area contributed by atoms with Crippen LogP contribution in [0.15, 0.2) is 0 Å². The monoisotopic (exact) mass is 184 g/mol. The average molecular weight is 184 g/mol. The van der Waals surface area contributed by atoms with Crippen LogP contribution in [-0.4, -0.2) is 25.7 Å². The van der Waals surface area contributed by atoms with Crippen LogP contribution in [0.25, 0.3) is 0 Å². The number of ether oxygens (including phenoxy) is 1. The van der Waals surface area contributed by atoms with Gasteiger partial charge in [0.15, 0.2) is 0 Å². The Bertz CT molecular complexity index is 198. The molecular weight excluding hydrogens is 168 g/mol. The number of nitrogens with one attached hydrogen (secondary N) is 1. The van der Waals surface area contributed by atoms with Crippen molar-refractivity contribution in [2.24, 2.45) is 5.92 Å². The van der Waals surface area contributed by atoms with Crippen LogP contribution in [0.4, 0.5) is 0 Å². The second kappa shape index (κ2) is 6.44. The molecule has 0 saturated carbocycles. The van der Waals surface area contributed by atoms with Crippen molar-refractivity contribution in [2.75, 3.05) is 13.7 Å². The van der Waals surface area contributed by atoms with Crippen LogP contribution in [0.3, 0.4) is 0 Å².